The summed E-state index contributed by atoms with van der Waals surface area (Å²) in [4.78, 5) is 12.4. The predicted octanol–water partition coefficient (Wildman–Crippen LogP) is 1.15. The number of quaternary nitrogens is 1. The fraction of sp³-hybridized carbons (Fsp3) is 0.571. The Hall–Kier alpha value is -2.09. The number of aliphatic hydroxyl groups is 1. The monoisotopic (exact) mass is 391 g/mol. The van der Waals surface area contributed by atoms with Crippen molar-refractivity contribution in [3.63, 3.8) is 0 Å². The molecule has 0 radical (unpaired) electrons. The van der Waals surface area contributed by atoms with Crippen LogP contribution in [0.5, 0.6) is 5.75 Å². The van der Waals surface area contributed by atoms with Gasteiger partial charge in [0.05, 0.1) is 12.2 Å². The molecule has 1 fully saturated rings. The van der Waals surface area contributed by atoms with Crippen molar-refractivity contribution in [3.05, 3.63) is 29.5 Å². The van der Waals surface area contributed by atoms with E-state index < -0.39 is 6.10 Å². The highest BCUT2D eigenvalue weighted by Crippen LogP contribution is 2.29. The Morgan fingerprint density at radius 1 is 1.46 bits per heavy atom. The number of carbonyl (C=O) groups excluding carboxylic acids is 1. The molecular formula is C21H31N2O5+. The summed E-state index contributed by atoms with van der Waals surface area (Å²) in [5.74, 6) is 0.299. The Morgan fingerprint density at radius 2 is 2.29 bits per heavy atom. The molecule has 7 heteroatoms. The van der Waals surface area contributed by atoms with Crippen molar-refractivity contribution in [2.75, 3.05) is 32.9 Å². The zero-order valence-corrected chi connectivity index (χ0v) is 16.9. The largest absolute Gasteiger partial charge is 0.491 e. The van der Waals surface area contributed by atoms with Gasteiger partial charge in [0.15, 0.2) is 0 Å². The third kappa shape index (κ3) is 4.66. The van der Waals surface area contributed by atoms with E-state index in [9.17, 15) is 9.90 Å². The van der Waals surface area contributed by atoms with Gasteiger partial charge in [-0.05, 0) is 44.9 Å². The van der Waals surface area contributed by atoms with Crippen LogP contribution in [0.15, 0.2) is 18.2 Å². The summed E-state index contributed by atoms with van der Waals surface area (Å²) < 4.78 is 18.5. The first kappa shape index (κ1) is 20.6. The van der Waals surface area contributed by atoms with Crippen LogP contribution in [0, 0.1) is 6.92 Å². The summed E-state index contributed by atoms with van der Waals surface area (Å²) in [7, 11) is 1.93. The highest BCUT2D eigenvalue weighted by molar-refractivity contribution is 6.06. The minimum atomic E-state index is -0.570. The number of nitrogens with two attached hydrogens (primary N) is 1. The first-order valence-corrected chi connectivity index (χ1v) is 10.0. The Labute approximate surface area is 165 Å². The second-order valence-corrected chi connectivity index (χ2v) is 7.28. The van der Waals surface area contributed by atoms with E-state index in [0.717, 1.165) is 42.6 Å². The van der Waals surface area contributed by atoms with E-state index in [-0.39, 0.29) is 12.6 Å². The average molecular weight is 391 g/mol. The number of carbonyl (C=O) groups is 1. The van der Waals surface area contributed by atoms with E-state index in [0.29, 0.717) is 30.6 Å². The highest BCUT2D eigenvalue weighted by Gasteiger charge is 2.21. The lowest BCUT2D eigenvalue weighted by molar-refractivity contribution is -0.666. The van der Waals surface area contributed by atoms with Crippen molar-refractivity contribution in [3.8, 4) is 5.75 Å². The molecule has 1 aliphatic heterocycles. The van der Waals surface area contributed by atoms with E-state index in [1.54, 1.807) is 6.92 Å². The number of aromatic nitrogens is 1. The van der Waals surface area contributed by atoms with E-state index in [1.807, 2.05) is 36.7 Å². The van der Waals surface area contributed by atoms with Gasteiger partial charge in [-0.15, -0.1) is 0 Å². The Balaban J connectivity index is 1.61. The molecule has 0 amide bonds. The Bertz CT molecular complexity index is 811. The summed E-state index contributed by atoms with van der Waals surface area (Å²) in [6.45, 7) is 6.52. The van der Waals surface area contributed by atoms with Crippen molar-refractivity contribution >= 4 is 16.9 Å². The first-order chi connectivity index (χ1) is 13.5. The van der Waals surface area contributed by atoms with Crippen molar-refractivity contribution in [2.24, 2.45) is 7.05 Å². The first-order valence-electron chi connectivity index (χ1n) is 10.0. The van der Waals surface area contributed by atoms with Crippen LogP contribution in [0.3, 0.4) is 0 Å². The van der Waals surface area contributed by atoms with E-state index in [2.05, 4.69) is 5.32 Å². The quantitative estimate of drug-likeness (QED) is 0.626. The maximum absolute atomic E-state index is 12.4. The summed E-state index contributed by atoms with van der Waals surface area (Å²) >= 11 is 0. The lowest BCUT2D eigenvalue weighted by Crippen LogP contribution is -2.88. The van der Waals surface area contributed by atoms with Crippen LogP contribution < -0.4 is 10.1 Å². The van der Waals surface area contributed by atoms with Gasteiger partial charge in [-0.2, -0.15) is 0 Å². The van der Waals surface area contributed by atoms with Gasteiger partial charge < -0.3 is 29.2 Å². The molecule has 0 bridgehead atoms. The second-order valence-electron chi connectivity index (χ2n) is 7.28. The fourth-order valence-electron chi connectivity index (χ4n) is 3.67. The Kier molecular flexibility index (Phi) is 6.93. The van der Waals surface area contributed by atoms with E-state index >= 15 is 0 Å². The minimum Gasteiger partial charge on any atom is -0.491 e. The number of hydrogen-bond donors (Lipinski definition) is 2. The molecule has 2 aromatic rings. The second kappa shape index (κ2) is 9.41. The van der Waals surface area contributed by atoms with Crippen molar-refractivity contribution in [1.29, 1.82) is 0 Å². The molecule has 154 valence electrons. The molecule has 3 N–H and O–H groups in total. The molecule has 1 saturated heterocycles. The van der Waals surface area contributed by atoms with Crippen LogP contribution in [0.2, 0.25) is 0 Å². The summed E-state index contributed by atoms with van der Waals surface area (Å²) in [6.07, 6.45) is 1.96. The molecule has 7 nitrogen and oxygen atoms in total. The Morgan fingerprint density at radius 3 is 3.00 bits per heavy atom. The lowest BCUT2D eigenvalue weighted by atomic mass is 10.1. The minimum absolute atomic E-state index is 0.202. The van der Waals surface area contributed by atoms with Gasteiger partial charge in [0.2, 0.25) is 0 Å². The number of aliphatic hydroxyl groups excluding tert-OH is 1. The number of benzene rings is 1. The van der Waals surface area contributed by atoms with Gasteiger partial charge in [-0.3, -0.25) is 0 Å². The third-order valence-electron chi connectivity index (χ3n) is 5.28. The van der Waals surface area contributed by atoms with Gasteiger partial charge in [0.25, 0.3) is 0 Å². The summed E-state index contributed by atoms with van der Waals surface area (Å²) in [5, 5.41) is 13.1. The average Bonchev–Trinajstić information content (AvgIpc) is 3.27. The van der Waals surface area contributed by atoms with Crippen LogP contribution in [-0.4, -0.2) is 60.8 Å². The number of ether oxygens (including phenoxy) is 3. The van der Waals surface area contributed by atoms with Crippen LogP contribution in [-0.2, 0) is 16.5 Å². The van der Waals surface area contributed by atoms with Gasteiger partial charge in [-0.25, -0.2) is 4.79 Å². The molecule has 2 heterocycles. The topological polar surface area (TPSA) is 86.5 Å². The molecule has 1 aliphatic rings. The van der Waals surface area contributed by atoms with Crippen molar-refractivity contribution < 1.29 is 29.4 Å². The maximum Gasteiger partial charge on any atom is 0.340 e. The fourth-order valence-corrected chi connectivity index (χ4v) is 3.67. The normalized spacial score (nSPS) is 17.8. The van der Waals surface area contributed by atoms with Crippen LogP contribution in [0.25, 0.3) is 10.9 Å². The van der Waals surface area contributed by atoms with E-state index in [4.69, 9.17) is 14.2 Å². The highest BCUT2D eigenvalue weighted by atomic mass is 16.5. The van der Waals surface area contributed by atoms with Crippen LogP contribution in [0.1, 0.15) is 35.8 Å². The molecule has 1 aromatic heterocycles. The number of fused-ring (bicyclic) bond motifs is 1. The standard InChI is InChI=1S/C21H30N2O5/c1-4-26-21(25)20-14(2)23(3)19-8-7-16(10-18(19)20)28-13-15(24)11-22-12-17-6-5-9-27-17/h7-8,10,15,17,22,24H,4-6,9,11-13H2,1-3H3/p+1/t15-,17-/m0/s1. The van der Waals surface area contributed by atoms with Gasteiger partial charge in [0, 0.05) is 30.3 Å². The van der Waals surface area contributed by atoms with Gasteiger partial charge in [-0.1, -0.05) is 0 Å². The van der Waals surface area contributed by atoms with Crippen molar-refractivity contribution in [1.82, 2.24) is 4.57 Å². The van der Waals surface area contributed by atoms with Crippen LogP contribution in [0.4, 0.5) is 0 Å². The smallest absolute Gasteiger partial charge is 0.340 e. The molecular weight excluding hydrogens is 360 g/mol. The number of rotatable bonds is 9. The molecule has 1 aromatic carbocycles. The number of nitrogens with zero attached hydrogens (tertiary/aromatic N) is 1. The zero-order valence-electron chi connectivity index (χ0n) is 16.9. The number of aryl methyl sites for hydroxylation is 1. The maximum atomic E-state index is 12.4. The lowest BCUT2D eigenvalue weighted by Gasteiger charge is -2.13. The predicted molar refractivity (Wildman–Crippen MR) is 106 cm³/mol. The van der Waals surface area contributed by atoms with Crippen LogP contribution >= 0.6 is 0 Å². The molecule has 2 atom stereocenters. The molecule has 0 aliphatic carbocycles. The molecule has 0 unspecified atom stereocenters. The SMILES string of the molecule is CCOC(=O)c1c(C)n(C)c2ccc(OC[C@@H](O)C[NH2+]C[C@@H]3CCCO3)cc12. The summed E-state index contributed by atoms with van der Waals surface area (Å²) in [6, 6.07) is 5.63. The van der Waals surface area contributed by atoms with Gasteiger partial charge in [0.1, 0.15) is 37.7 Å². The zero-order chi connectivity index (χ0) is 20.1. The number of hydrogen-bond acceptors (Lipinski definition) is 5. The molecule has 28 heavy (non-hydrogen) atoms. The van der Waals surface area contributed by atoms with E-state index in [1.165, 1.54) is 0 Å². The molecule has 3 rings (SSSR count). The van der Waals surface area contributed by atoms with Crippen molar-refractivity contribution in [2.45, 2.75) is 38.9 Å². The summed E-state index contributed by atoms with van der Waals surface area (Å²) in [5.41, 5.74) is 2.36. The molecule has 0 spiro atoms. The van der Waals surface area contributed by atoms with Gasteiger partial charge >= 0.3 is 5.97 Å². The number of esters is 1. The third-order valence-corrected chi connectivity index (χ3v) is 5.28. The molecule has 0 saturated carbocycles.